The van der Waals surface area contributed by atoms with E-state index in [0.29, 0.717) is 0 Å². The molecule has 0 aliphatic rings. The molecule has 1 aromatic carbocycles. The van der Waals surface area contributed by atoms with Crippen LogP contribution in [0.25, 0.3) is 0 Å². The molecule has 0 heterocycles. The molecule has 0 saturated heterocycles. The van der Waals surface area contributed by atoms with E-state index in [1.165, 1.54) is 12.1 Å². The average Bonchev–Trinajstić information content (AvgIpc) is 2.26. The Morgan fingerprint density at radius 2 is 1.88 bits per heavy atom. The second-order valence-corrected chi connectivity index (χ2v) is 5.77. The molecule has 0 saturated carbocycles. The lowest BCUT2D eigenvalue weighted by atomic mass is 10.1. The van der Waals surface area contributed by atoms with E-state index in [4.69, 9.17) is 11.6 Å². The third-order valence-electron chi connectivity index (χ3n) is 2.16. The Labute approximate surface area is 99.4 Å². The lowest BCUT2D eigenvalue weighted by molar-refractivity contribution is 0.0310. The normalized spacial score (nSPS) is 15.8. The van der Waals surface area contributed by atoms with Gasteiger partial charge in [0.2, 0.25) is 0 Å². The number of alkyl halides is 1. The molecule has 1 rings (SSSR count). The summed E-state index contributed by atoms with van der Waals surface area (Å²) in [6.07, 6.45) is -1.45. The fourth-order valence-corrected chi connectivity index (χ4v) is 2.47. The Balaban J connectivity index is 3.24. The molecule has 0 fully saturated rings. The highest BCUT2D eigenvalue weighted by atomic mass is 35.5. The van der Waals surface area contributed by atoms with Crippen LogP contribution in [0.5, 0.6) is 0 Å². The molecule has 2 unspecified atom stereocenters. The monoisotopic (exact) mass is 264 g/mol. The van der Waals surface area contributed by atoms with Gasteiger partial charge in [-0.25, -0.2) is 8.42 Å². The molecule has 1 aromatic rings. The van der Waals surface area contributed by atoms with Gasteiger partial charge in [0, 0.05) is 11.8 Å². The minimum Gasteiger partial charge on any atom is -0.389 e. The Hall–Kier alpha value is -0.620. The molecular formula is C10H13ClO4S. The van der Waals surface area contributed by atoms with Gasteiger partial charge in [0.25, 0.3) is 0 Å². The number of benzene rings is 1. The zero-order valence-electron chi connectivity index (χ0n) is 8.67. The summed E-state index contributed by atoms with van der Waals surface area (Å²) in [5.74, 6) is -0.167. The van der Waals surface area contributed by atoms with Gasteiger partial charge in [0.05, 0.1) is 16.9 Å². The zero-order valence-corrected chi connectivity index (χ0v) is 10.2. The third-order valence-corrected chi connectivity index (χ3v) is 3.65. The van der Waals surface area contributed by atoms with Gasteiger partial charge in [-0.3, -0.25) is 0 Å². The number of hydrogen-bond acceptors (Lipinski definition) is 4. The molecule has 2 N–H and O–H groups in total. The molecule has 0 aliphatic carbocycles. The van der Waals surface area contributed by atoms with E-state index < -0.39 is 22.0 Å². The number of hydrogen-bond donors (Lipinski definition) is 2. The topological polar surface area (TPSA) is 74.6 Å². The minimum absolute atomic E-state index is 0.00617. The summed E-state index contributed by atoms with van der Waals surface area (Å²) in [4.78, 5) is 0.00617. The van der Waals surface area contributed by atoms with Crippen molar-refractivity contribution in [2.24, 2.45) is 0 Å². The van der Waals surface area contributed by atoms with E-state index in [1.807, 2.05) is 0 Å². The highest BCUT2D eigenvalue weighted by Gasteiger charge is 2.23. The molecule has 2 atom stereocenters. The Bertz CT molecular complexity index is 458. The Morgan fingerprint density at radius 3 is 2.38 bits per heavy atom. The highest BCUT2D eigenvalue weighted by Crippen LogP contribution is 2.25. The third kappa shape index (κ3) is 2.95. The van der Waals surface area contributed by atoms with Crippen LogP contribution in [0.3, 0.4) is 0 Å². The number of aliphatic hydroxyl groups excluding tert-OH is 2. The standard InChI is InChI=1S/C10H13ClO4S/c1-16(14,15)9-5-3-2-4-7(9)10(13)8(12)6-11/h2-5,8,10,12-13H,6H2,1H3. The van der Waals surface area contributed by atoms with Gasteiger partial charge in [-0.05, 0) is 6.07 Å². The van der Waals surface area contributed by atoms with Gasteiger partial charge in [0.1, 0.15) is 6.10 Å². The van der Waals surface area contributed by atoms with Crippen molar-refractivity contribution in [1.82, 2.24) is 0 Å². The maximum Gasteiger partial charge on any atom is 0.175 e. The first-order chi connectivity index (χ1) is 7.38. The molecule has 0 bridgehead atoms. The van der Waals surface area contributed by atoms with Crippen LogP contribution in [0.4, 0.5) is 0 Å². The van der Waals surface area contributed by atoms with E-state index in [-0.39, 0.29) is 16.3 Å². The van der Waals surface area contributed by atoms with E-state index in [0.717, 1.165) is 6.26 Å². The van der Waals surface area contributed by atoms with E-state index >= 15 is 0 Å². The van der Waals surface area contributed by atoms with E-state index in [9.17, 15) is 18.6 Å². The molecule has 4 nitrogen and oxygen atoms in total. The summed E-state index contributed by atoms with van der Waals surface area (Å²) in [6.45, 7) is 0. The van der Waals surface area contributed by atoms with E-state index in [2.05, 4.69) is 0 Å². The van der Waals surface area contributed by atoms with Crippen LogP contribution >= 0.6 is 11.6 Å². The Morgan fingerprint density at radius 1 is 1.31 bits per heavy atom. The maximum atomic E-state index is 11.4. The summed E-state index contributed by atoms with van der Waals surface area (Å²) in [5.41, 5.74) is 0.165. The summed E-state index contributed by atoms with van der Waals surface area (Å²) in [7, 11) is -3.43. The van der Waals surface area contributed by atoms with Crippen LogP contribution in [-0.2, 0) is 9.84 Å². The van der Waals surface area contributed by atoms with Gasteiger partial charge >= 0.3 is 0 Å². The van der Waals surface area contributed by atoms with Gasteiger partial charge in [-0.1, -0.05) is 18.2 Å². The van der Waals surface area contributed by atoms with Gasteiger partial charge in [0.15, 0.2) is 9.84 Å². The minimum atomic E-state index is -3.43. The maximum absolute atomic E-state index is 11.4. The second-order valence-electron chi connectivity index (χ2n) is 3.48. The molecule has 6 heteroatoms. The summed E-state index contributed by atoms with van der Waals surface area (Å²) in [5, 5.41) is 19.1. The summed E-state index contributed by atoms with van der Waals surface area (Å²) >= 11 is 5.40. The lowest BCUT2D eigenvalue weighted by Crippen LogP contribution is -2.21. The first-order valence-electron chi connectivity index (χ1n) is 4.59. The zero-order chi connectivity index (χ0) is 12.3. The first kappa shape index (κ1) is 13.4. The smallest absolute Gasteiger partial charge is 0.175 e. The Kier molecular flexibility index (Phi) is 4.32. The molecule has 16 heavy (non-hydrogen) atoms. The number of rotatable bonds is 4. The van der Waals surface area contributed by atoms with Crippen molar-refractivity contribution >= 4 is 21.4 Å². The van der Waals surface area contributed by atoms with Crippen LogP contribution in [0, 0.1) is 0 Å². The van der Waals surface area contributed by atoms with Crippen molar-refractivity contribution in [2.45, 2.75) is 17.1 Å². The molecular weight excluding hydrogens is 252 g/mol. The predicted molar refractivity (Wildman–Crippen MR) is 61.2 cm³/mol. The van der Waals surface area contributed by atoms with Crippen molar-refractivity contribution < 1.29 is 18.6 Å². The van der Waals surface area contributed by atoms with Crippen LogP contribution in [0.2, 0.25) is 0 Å². The molecule has 90 valence electrons. The van der Waals surface area contributed by atoms with Crippen molar-refractivity contribution in [1.29, 1.82) is 0 Å². The van der Waals surface area contributed by atoms with Crippen molar-refractivity contribution in [3.8, 4) is 0 Å². The van der Waals surface area contributed by atoms with Crippen molar-refractivity contribution in [3.05, 3.63) is 29.8 Å². The molecule has 0 spiro atoms. The van der Waals surface area contributed by atoms with Crippen LogP contribution in [0.1, 0.15) is 11.7 Å². The predicted octanol–water partition coefficient (Wildman–Crippen LogP) is 0.723. The lowest BCUT2D eigenvalue weighted by Gasteiger charge is -2.18. The van der Waals surface area contributed by atoms with Crippen molar-refractivity contribution in [2.75, 3.05) is 12.1 Å². The van der Waals surface area contributed by atoms with Crippen LogP contribution in [0.15, 0.2) is 29.2 Å². The van der Waals surface area contributed by atoms with Crippen molar-refractivity contribution in [3.63, 3.8) is 0 Å². The average molecular weight is 265 g/mol. The fraction of sp³-hybridized carbons (Fsp3) is 0.400. The SMILES string of the molecule is CS(=O)(=O)c1ccccc1C(O)C(O)CCl. The quantitative estimate of drug-likeness (QED) is 0.786. The largest absolute Gasteiger partial charge is 0.389 e. The van der Waals surface area contributed by atoms with Crippen LogP contribution < -0.4 is 0 Å². The van der Waals surface area contributed by atoms with Gasteiger partial charge < -0.3 is 10.2 Å². The number of halogens is 1. The second kappa shape index (κ2) is 5.14. The number of sulfone groups is 1. The number of aliphatic hydroxyl groups is 2. The highest BCUT2D eigenvalue weighted by molar-refractivity contribution is 7.90. The molecule has 0 radical (unpaired) electrons. The van der Waals surface area contributed by atoms with Gasteiger partial charge in [-0.2, -0.15) is 0 Å². The van der Waals surface area contributed by atoms with Gasteiger partial charge in [-0.15, -0.1) is 11.6 Å². The molecule has 0 aliphatic heterocycles. The summed E-state index contributed by atoms with van der Waals surface area (Å²) < 4.78 is 22.9. The molecule has 0 aromatic heterocycles. The van der Waals surface area contributed by atoms with Crippen LogP contribution in [-0.4, -0.2) is 36.9 Å². The molecule has 0 amide bonds. The summed E-state index contributed by atoms with van der Waals surface area (Å²) in [6, 6.07) is 5.99. The fourth-order valence-electron chi connectivity index (χ4n) is 1.35. The first-order valence-corrected chi connectivity index (χ1v) is 7.01. The van der Waals surface area contributed by atoms with E-state index in [1.54, 1.807) is 12.1 Å².